The average Bonchev–Trinajstić information content (AvgIpc) is 3.21. The number of nitrogens with one attached hydrogen (secondary N) is 2. The molecule has 3 rings (SSSR count). The molecule has 23 heavy (non-hydrogen) atoms. The lowest BCUT2D eigenvalue weighted by atomic mass is 9.99. The summed E-state index contributed by atoms with van der Waals surface area (Å²) in [7, 11) is 0. The van der Waals surface area contributed by atoms with E-state index < -0.39 is 5.54 Å². The predicted molar refractivity (Wildman–Crippen MR) is 86.0 cm³/mol. The second-order valence-corrected chi connectivity index (χ2v) is 5.97. The molecule has 1 fully saturated rings. The number of para-hydroxylation sites is 1. The lowest BCUT2D eigenvalue weighted by molar-refractivity contribution is 0.167. The Hall–Kier alpha value is -2.41. The Morgan fingerprint density at radius 3 is 2.78 bits per heavy atom. The molecule has 2 aromatic rings. The van der Waals surface area contributed by atoms with Gasteiger partial charge in [-0.15, -0.1) is 0 Å². The molecule has 1 aromatic carbocycles. The van der Waals surface area contributed by atoms with Crippen LogP contribution in [0.3, 0.4) is 0 Å². The summed E-state index contributed by atoms with van der Waals surface area (Å²) in [5.41, 5.74) is 1.19. The van der Waals surface area contributed by atoms with Gasteiger partial charge in [0.2, 0.25) is 0 Å². The van der Waals surface area contributed by atoms with Gasteiger partial charge < -0.3 is 15.7 Å². The van der Waals surface area contributed by atoms with E-state index in [0.717, 1.165) is 36.9 Å². The maximum atomic E-state index is 12.3. The number of hydrogen-bond donors (Lipinski definition) is 3. The van der Waals surface area contributed by atoms with E-state index in [1.165, 1.54) is 6.33 Å². The van der Waals surface area contributed by atoms with Gasteiger partial charge >= 0.3 is 6.03 Å². The highest BCUT2D eigenvalue weighted by Gasteiger charge is 2.34. The maximum Gasteiger partial charge on any atom is 0.319 e. The summed E-state index contributed by atoms with van der Waals surface area (Å²) in [6.07, 6.45) is 6.81. The van der Waals surface area contributed by atoms with Crippen LogP contribution >= 0.6 is 0 Å². The number of nitrogens with zero attached hydrogens (tertiary/aromatic N) is 3. The lowest BCUT2D eigenvalue weighted by Gasteiger charge is -2.28. The molecule has 1 saturated carbocycles. The van der Waals surface area contributed by atoms with Crippen molar-refractivity contribution in [1.29, 1.82) is 0 Å². The van der Waals surface area contributed by atoms with E-state index in [9.17, 15) is 9.90 Å². The first-order valence-corrected chi connectivity index (χ1v) is 7.81. The normalized spacial score (nSPS) is 16.2. The third-order valence-corrected chi connectivity index (χ3v) is 4.31. The van der Waals surface area contributed by atoms with E-state index in [2.05, 4.69) is 20.7 Å². The van der Waals surface area contributed by atoms with Crippen molar-refractivity contribution >= 4 is 11.7 Å². The molecular formula is C16H21N5O2. The molecule has 7 heteroatoms. The van der Waals surface area contributed by atoms with Gasteiger partial charge in [-0.1, -0.05) is 31.0 Å². The Morgan fingerprint density at radius 1 is 1.30 bits per heavy atom. The van der Waals surface area contributed by atoms with Gasteiger partial charge in [-0.05, 0) is 24.5 Å². The first kappa shape index (κ1) is 15.5. The van der Waals surface area contributed by atoms with Crippen molar-refractivity contribution in [1.82, 2.24) is 20.1 Å². The van der Waals surface area contributed by atoms with E-state index in [1.807, 2.05) is 24.3 Å². The second kappa shape index (κ2) is 6.78. The SMILES string of the molecule is O=C(Nc1ccccc1Cn1cncn1)NC1(CO)CCCC1. The zero-order valence-electron chi connectivity index (χ0n) is 12.9. The number of rotatable bonds is 5. The summed E-state index contributed by atoms with van der Waals surface area (Å²) in [6, 6.07) is 7.30. The molecule has 1 heterocycles. The average molecular weight is 315 g/mol. The molecule has 0 bridgehead atoms. The van der Waals surface area contributed by atoms with E-state index in [0.29, 0.717) is 6.54 Å². The molecule has 0 radical (unpaired) electrons. The number of amides is 2. The van der Waals surface area contributed by atoms with Crippen LogP contribution in [0.15, 0.2) is 36.9 Å². The van der Waals surface area contributed by atoms with Crippen LogP contribution < -0.4 is 10.6 Å². The van der Waals surface area contributed by atoms with Crippen LogP contribution in [0.25, 0.3) is 0 Å². The second-order valence-electron chi connectivity index (χ2n) is 5.97. The molecular weight excluding hydrogens is 294 g/mol. The third kappa shape index (κ3) is 3.68. The Balaban J connectivity index is 1.68. The van der Waals surface area contributed by atoms with Gasteiger partial charge in [0.05, 0.1) is 18.7 Å². The third-order valence-electron chi connectivity index (χ3n) is 4.31. The van der Waals surface area contributed by atoms with E-state index in [4.69, 9.17) is 0 Å². The number of hydrogen-bond acceptors (Lipinski definition) is 4. The molecule has 0 atom stereocenters. The zero-order chi connectivity index (χ0) is 16.1. The molecule has 1 aliphatic carbocycles. The molecule has 1 aromatic heterocycles. The summed E-state index contributed by atoms with van der Waals surface area (Å²) < 4.78 is 1.70. The fourth-order valence-corrected chi connectivity index (χ4v) is 3.04. The number of anilines is 1. The van der Waals surface area contributed by atoms with Crippen molar-refractivity contribution in [3.63, 3.8) is 0 Å². The first-order chi connectivity index (χ1) is 11.2. The molecule has 122 valence electrons. The van der Waals surface area contributed by atoms with Crippen molar-refractivity contribution in [2.24, 2.45) is 0 Å². The summed E-state index contributed by atoms with van der Waals surface area (Å²) in [5, 5.41) is 19.5. The van der Waals surface area contributed by atoms with Crippen LogP contribution in [0.2, 0.25) is 0 Å². The minimum absolute atomic E-state index is 0.0268. The van der Waals surface area contributed by atoms with Gasteiger partial charge in [-0.25, -0.2) is 14.5 Å². The fourth-order valence-electron chi connectivity index (χ4n) is 3.04. The molecule has 2 amide bonds. The minimum Gasteiger partial charge on any atom is -0.394 e. The number of urea groups is 1. The fraction of sp³-hybridized carbons (Fsp3) is 0.438. The van der Waals surface area contributed by atoms with Gasteiger partial charge in [0.1, 0.15) is 12.7 Å². The largest absolute Gasteiger partial charge is 0.394 e. The number of aliphatic hydroxyl groups is 1. The van der Waals surface area contributed by atoms with Crippen LogP contribution in [-0.2, 0) is 6.54 Å². The van der Waals surface area contributed by atoms with Crippen molar-refractivity contribution in [2.75, 3.05) is 11.9 Å². The molecule has 0 aliphatic heterocycles. The summed E-state index contributed by atoms with van der Waals surface area (Å²) >= 11 is 0. The molecule has 0 saturated heterocycles. The molecule has 3 N–H and O–H groups in total. The first-order valence-electron chi connectivity index (χ1n) is 7.81. The van der Waals surface area contributed by atoms with E-state index in [1.54, 1.807) is 11.0 Å². The Kier molecular flexibility index (Phi) is 4.57. The van der Waals surface area contributed by atoms with Crippen LogP contribution in [0, 0.1) is 0 Å². The highest BCUT2D eigenvalue weighted by atomic mass is 16.3. The van der Waals surface area contributed by atoms with E-state index >= 15 is 0 Å². The maximum absolute atomic E-state index is 12.3. The van der Waals surface area contributed by atoms with Gasteiger partial charge in [0.15, 0.2) is 0 Å². The number of carbonyl (C=O) groups is 1. The number of aromatic nitrogens is 3. The highest BCUT2D eigenvalue weighted by molar-refractivity contribution is 5.90. The van der Waals surface area contributed by atoms with Crippen molar-refractivity contribution in [3.05, 3.63) is 42.5 Å². The minimum atomic E-state index is -0.481. The van der Waals surface area contributed by atoms with Crippen LogP contribution in [-0.4, -0.2) is 38.0 Å². The number of carbonyl (C=O) groups excluding carboxylic acids is 1. The topological polar surface area (TPSA) is 92.1 Å². The monoisotopic (exact) mass is 315 g/mol. The summed E-state index contributed by atoms with van der Waals surface area (Å²) in [4.78, 5) is 16.2. The van der Waals surface area contributed by atoms with Gasteiger partial charge in [-0.2, -0.15) is 5.10 Å². The number of aliphatic hydroxyl groups excluding tert-OH is 1. The molecule has 0 spiro atoms. The molecule has 7 nitrogen and oxygen atoms in total. The smallest absolute Gasteiger partial charge is 0.319 e. The Morgan fingerprint density at radius 2 is 2.09 bits per heavy atom. The Labute approximate surface area is 134 Å². The quantitative estimate of drug-likeness (QED) is 0.784. The van der Waals surface area contributed by atoms with Crippen LogP contribution in [0.4, 0.5) is 10.5 Å². The standard InChI is InChI=1S/C16H21N5O2/c22-10-16(7-3-4-8-16)20-15(23)19-14-6-2-1-5-13(14)9-21-12-17-11-18-21/h1-2,5-6,11-12,22H,3-4,7-10H2,(H2,19,20,23). The predicted octanol–water partition coefficient (Wildman–Crippen LogP) is 1.75. The van der Waals surface area contributed by atoms with Crippen molar-refractivity contribution in [2.45, 2.75) is 37.8 Å². The van der Waals surface area contributed by atoms with Crippen molar-refractivity contribution in [3.8, 4) is 0 Å². The molecule has 1 aliphatic rings. The van der Waals surface area contributed by atoms with Crippen LogP contribution in [0.5, 0.6) is 0 Å². The van der Waals surface area contributed by atoms with Crippen molar-refractivity contribution < 1.29 is 9.90 Å². The molecule has 0 unspecified atom stereocenters. The van der Waals surface area contributed by atoms with Crippen LogP contribution in [0.1, 0.15) is 31.2 Å². The van der Waals surface area contributed by atoms with E-state index in [-0.39, 0.29) is 12.6 Å². The summed E-state index contributed by atoms with van der Waals surface area (Å²) in [5.74, 6) is 0. The van der Waals surface area contributed by atoms with Gasteiger partial charge in [-0.3, -0.25) is 0 Å². The number of benzene rings is 1. The van der Waals surface area contributed by atoms with Gasteiger partial charge in [0, 0.05) is 5.69 Å². The van der Waals surface area contributed by atoms with Gasteiger partial charge in [0.25, 0.3) is 0 Å². The Bertz CT molecular complexity index is 650. The summed E-state index contributed by atoms with van der Waals surface area (Å²) in [6.45, 7) is 0.503. The highest BCUT2D eigenvalue weighted by Crippen LogP contribution is 2.29. The lowest BCUT2D eigenvalue weighted by Crippen LogP contribution is -2.50. The zero-order valence-corrected chi connectivity index (χ0v) is 12.9.